The molecular formula is C31H43NO6. The standard InChI is InChI=1S/C31H43NO6/c1-4-5-6-7-8-9-10-11-12-13-16-21-38-29(33)20-19-25-17-14-15-18-28(25)32-23(2)26(30(34)35)22-27(24(32)3)31(36)37/h14-15,17-20H,4-13,16,21-22H2,1-3H3,(H,34,35)(H,36,37). The number of rotatable bonds is 17. The average Bonchev–Trinajstić information content (AvgIpc) is 2.88. The zero-order chi connectivity index (χ0) is 27.9. The first kappa shape index (κ1) is 30.9. The molecule has 1 heterocycles. The number of hydrogen-bond donors (Lipinski definition) is 2. The molecule has 2 rings (SSSR count). The summed E-state index contributed by atoms with van der Waals surface area (Å²) in [7, 11) is 0. The van der Waals surface area contributed by atoms with Crippen LogP contribution >= 0.6 is 0 Å². The zero-order valence-electron chi connectivity index (χ0n) is 23.1. The van der Waals surface area contributed by atoms with E-state index in [1.54, 1.807) is 49.1 Å². The molecule has 0 aliphatic carbocycles. The summed E-state index contributed by atoms with van der Waals surface area (Å²) in [6, 6.07) is 7.15. The van der Waals surface area contributed by atoms with E-state index in [0.29, 0.717) is 29.3 Å². The molecule has 1 aliphatic heterocycles. The highest BCUT2D eigenvalue weighted by Gasteiger charge is 2.31. The minimum atomic E-state index is -1.15. The third-order valence-electron chi connectivity index (χ3n) is 6.98. The summed E-state index contributed by atoms with van der Waals surface area (Å²) in [5.74, 6) is -2.75. The van der Waals surface area contributed by atoms with Gasteiger partial charge in [0.2, 0.25) is 0 Å². The Bertz CT molecular complexity index is 1020. The molecule has 0 radical (unpaired) electrons. The number of carbonyl (C=O) groups is 3. The fourth-order valence-electron chi connectivity index (χ4n) is 4.75. The summed E-state index contributed by atoms with van der Waals surface area (Å²) in [5.41, 5.74) is 2.18. The van der Waals surface area contributed by atoms with Crippen LogP contribution in [0.15, 0.2) is 52.9 Å². The predicted molar refractivity (Wildman–Crippen MR) is 151 cm³/mol. The second-order valence-electron chi connectivity index (χ2n) is 9.85. The normalized spacial score (nSPS) is 13.9. The van der Waals surface area contributed by atoms with Crippen LogP contribution in [-0.4, -0.2) is 34.7 Å². The van der Waals surface area contributed by atoms with Crippen molar-refractivity contribution in [3.8, 4) is 0 Å². The number of carboxylic acids is 2. The molecule has 0 fully saturated rings. The lowest BCUT2D eigenvalue weighted by atomic mass is 9.95. The summed E-state index contributed by atoms with van der Waals surface area (Å²) in [6.07, 6.45) is 16.3. The predicted octanol–water partition coefficient (Wildman–Crippen LogP) is 7.48. The smallest absolute Gasteiger partial charge is 0.333 e. The Kier molecular flexibility index (Phi) is 13.4. The van der Waals surface area contributed by atoms with E-state index in [0.717, 1.165) is 19.3 Å². The Morgan fingerprint density at radius 2 is 1.32 bits per heavy atom. The summed E-state index contributed by atoms with van der Waals surface area (Å²) in [5, 5.41) is 19.3. The highest BCUT2D eigenvalue weighted by molar-refractivity contribution is 5.97. The highest BCUT2D eigenvalue weighted by Crippen LogP contribution is 2.37. The van der Waals surface area contributed by atoms with Gasteiger partial charge in [-0.2, -0.15) is 0 Å². The first-order valence-corrected chi connectivity index (χ1v) is 13.9. The lowest BCUT2D eigenvalue weighted by Crippen LogP contribution is -2.30. The van der Waals surface area contributed by atoms with Crippen LogP contribution in [0.5, 0.6) is 0 Å². The van der Waals surface area contributed by atoms with E-state index >= 15 is 0 Å². The van der Waals surface area contributed by atoms with E-state index in [-0.39, 0.29) is 17.6 Å². The first-order valence-electron chi connectivity index (χ1n) is 13.9. The summed E-state index contributed by atoms with van der Waals surface area (Å²) in [6.45, 7) is 5.93. The minimum absolute atomic E-state index is 0.0261. The Morgan fingerprint density at radius 1 is 0.816 bits per heavy atom. The van der Waals surface area contributed by atoms with E-state index < -0.39 is 17.9 Å². The monoisotopic (exact) mass is 525 g/mol. The van der Waals surface area contributed by atoms with Crippen LogP contribution in [0.2, 0.25) is 0 Å². The molecule has 0 unspecified atom stereocenters. The van der Waals surface area contributed by atoms with Crippen molar-refractivity contribution in [3.05, 3.63) is 58.4 Å². The second-order valence-corrected chi connectivity index (χ2v) is 9.85. The molecule has 2 N–H and O–H groups in total. The molecule has 38 heavy (non-hydrogen) atoms. The SMILES string of the molecule is CCCCCCCCCCCCCOC(=O)C=Cc1ccccc1N1C(C)=C(C(=O)O)CC(C(=O)O)=C1C. The molecule has 0 saturated carbocycles. The van der Waals surface area contributed by atoms with Crippen LogP contribution in [0.25, 0.3) is 6.08 Å². The molecule has 7 heteroatoms. The number of aliphatic carboxylic acids is 2. The van der Waals surface area contributed by atoms with Gasteiger partial charge in [-0.3, -0.25) is 0 Å². The van der Waals surface area contributed by atoms with E-state index in [9.17, 15) is 24.6 Å². The number of unbranched alkanes of at least 4 members (excludes halogenated alkanes) is 10. The Balaban J connectivity index is 1.90. The maximum Gasteiger partial charge on any atom is 0.333 e. The largest absolute Gasteiger partial charge is 0.478 e. The van der Waals surface area contributed by atoms with E-state index in [4.69, 9.17) is 4.74 Å². The van der Waals surface area contributed by atoms with Gasteiger partial charge in [-0.05, 0) is 38.0 Å². The van der Waals surface area contributed by atoms with Crippen LogP contribution in [0.4, 0.5) is 5.69 Å². The van der Waals surface area contributed by atoms with Crippen molar-refractivity contribution in [1.29, 1.82) is 0 Å². The van der Waals surface area contributed by atoms with Crippen molar-refractivity contribution in [2.24, 2.45) is 0 Å². The number of hydrogen-bond acceptors (Lipinski definition) is 5. The number of para-hydroxylation sites is 1. The molecule has 0 atom stereocenters. The molecule has 1 aromatic rings. The van der Waals surface area contributed by atoms with E-state index in [1.165, 1.54) is 57.4 Å². The molecule has 0 bridgehead atoms. The molecule has 1 aliphatic rings. The maximum atomic E-state index is 12.3. The highest BCUT2D eigenvalue weighted by atomic mass is 16.5. The van der Waals surface area contributed by atoms with Crippen molar-refractivity contribution in [1.82, 2.24) is 0 Å². The fourth-order valence-corrected chi connectivity index (χ4v) is 4.75. The Morgan fingerprint density at radius 3 is 1.84 bits per heavy atom. The number of esters is 1. The van der Waals surface area contributed by atoms with E-state index in [1.807, 2.05) is 0 Å². The number of carboxylic acid groups (broad SMARTS) is 2. The summed E-state index contributed by atoms with van der Waals surface area (Å²) >= 11 is 0. The molecule has 0 amide bonds. The van der Waals surface area contributed by atoms with Crippen molar-refractivity contribution in [3.63, 3.8) is 0 Å². The third-order valence-corrected chi connectivity index (χ3v) is 6.98. The van der Waals surface area contributed by atoms with Crippen LogP contribution in [-0.2, 0) is 19.1 Å². The van der Waals surface area contributed by atoms with E-state index in [2.05, 4.69) is 6.92 Å². The van der Waals surface area contributed by atoms with Crippen LogP contribution in [0.3, 0.4) is 0 Å². The van der Waals surface area contributed by atoms with Gasteiger partial charge in [-0.15, -0.1) is 0 Å². The fraction of sp³-hybridized carbons (Fsp3) is 0.516. The number of benzene rings is 1. The van der Waals surface area contributed by atoms with Crippen molar-refractivity contribution in [2.45, 2.75) is 97.8 Å². The third kappa shape index (κ3) is 9.51. The Hall–Kier alpha value is -3.35. The minimum Gasteiger partial charge on any atom is -0.478 e. The van der Waals surface area contributed by atoms with Crippen LogP contribution < -0.4 is 4.90 Å². The maximum absolute atomic E-state index is 12.3. The van der Waals surface area contributed by atoms with Crippen molar-refractivity contribution in [2.75, 3.05) is 11.5 Å². The van der Waals surface area contributed by atoms with Gasteiger partial charge in [0.05, 0.1) is 23.4 Å². The van der Waals surface area contributed by atoms with Gasteiger partial charge in [0.1, 0.15) is 0 Å². The van der Waals surface area contributed by atoms with Gasteiger partial charge < -0.3 is 19.8 Å². The van der Waals surface area contributed by atoms with Gasteiger partial charge in [0.15, 0.2) is 0 Å². The molecule has 0 spiro atoms. The Labute approximate surface area is 226 Å². The first-order chi connectivity index (χ1) is 18.3. The lowest BCUT2D eigenvalue weighted by molar-refractivity contribution is -0.138. The quantitative estimate of drug-likeness (QED) is 0.123. The van der Waals surface area contributed by atoms with Crippen molar-refractivity contribution >= 4 is 29.7 Å². The van der Waals surface area contributed by atoms with Gasteiger partial charge in [-0.1, -0.05) is 89.3 Å². The van der Waals surface area contributed by atoms with Crippen LogP contribution in [0, 0.1) is 0 Å². The average molecular weight is 526 g/mol. The van der Waals surface area contributed by atoms with Gasteiger partial charge in [0.25, 0.3) is 0 Å². The molecule has 0 saturated heterocycles. The number of anilines is 1. The molecule has 208 valence electrons. The van der Waals surface area contributed by atoms with Gasteiger partial charge in [0, 0.05) is 23.9 Å². The molecular weight excluding hydrogens is 482 g/mol. The number of nitrogens with zero attached hydrogens (tertiary/aromatic N) is 1. The summed E-state index contributed by atoms with van der Waals surface area (Å²) in [4.78, 5) is 37.5. The molecule has 7 nitrogen and oxygen atoms in total. The summed E-state index contributed by atoms with van der Waals surface area (Å²) < 4.78 is 5.36. The van der Waals surface area contributed by atoms with Crippen molar-refractivity contribution < 1.29 is 29.3 Å². The molecule has 0 aromatic heterocycles. The van der Waals surface area contributed by atoms with Crippen LogP contribution in [0.1, 0.15) is 103 Å². The van der Waals surface area contributed by atoms with Gasteiger partial charge >= 0.3 is 17.9 Å². The molecule has 1 aromatic carbocycles. The number of carbonyl (C=O) groups excluding carboxylic acids is 1. The topological polar surface area (TPSA) is 104 Å². The number of allylic oxidation sites excluding steroid dienone is 2. The zero-order valence-corrected chi connectivity index (χ0v) is 23.1. The number of ether oxygens (including phenoxy) is 1. The van der Waals surface area contributed by atoms with Gasteiger partial charge in [-0.25, -0.2) is 14.4 Å². The lowest BCUT2D eigenvalue weighted by Gasteiger charge is -2.33. The second kappa shape index (κ2) is 16.5.